The zero-order valence-corrected chi connectivity index (χ0v) is 15.3. The number of nitrogens with zero attached hydrogens (tertiary/aromatic N) is 2. The Balaban J connectivity index is 1.50. The zero-order valence-electron chi connectivity index (χ0n) is 13.6. The number of rotatable bonds is 8. The van der Waals surface area contributed by atoms with Gasteiger partial charge in [-0.05, 0) is 30.5 Å². The molecule has 1 N–H and O–H groups in total. The summed E-state index contributed by atoms with van der Waals surface area (Å²) in [4.78, 5) is 8.69. The van der Waals surface area contributed by atoms with Crippen LogP contribution >= 0.6 is 11.3 Å². The van der Waals surface area contributed by atoms with Gasteiger partial charge in [-0.3, -0.25) is 4.98 Å². The fraction of sp³-hybridized carbons (Fsp3) is 0.222. The van der Waals surface area contributed by atoms with Gasteiger partial charge in [0.1, 0.15) is 5.01 Å². The molecule has 0 saturated heterocycles. The smallest absolute Gasteiger partial charge is 0.211 e. The van der Waals surface area contributed by atoms with Gasteiger partial charge in [-0.1, -0.05) is 36.4 Å². The highest BCUT2D eigenvalue weighted by atomic mass is 32.2. The lowest BCUT2D eigenvalue weighted by Crippen LogP contribution is -2.26. The third kappa shape index (κ3) is 5.45. The van der Waals surface area contributed by atoms with Crippen LogP contribution in [-0.2, 0) is 23.0 Å². The molecule has 0 bridgehead atoms. The topological polar surface area (TPSA) is 72.0 Å². The first-order chi connectivity index (χ1) is 12.1. The normalized spacial score (nSPS) is 11.5. The van der Waals surface area contributed by atoms with Crippen LogP contribution in [0.4, 0.5) is 0 Å². The molecule has 0 saturated carbocycles. The molecule has 0 atom stereocenters. The van der Waals surface area contributed by atoms with Gasteiger partial charge in [-0.15, -0.1) is 11.3 Å². The number of aryl methyl sites for hydroxylation is 1. The van der Waals surface area contributed by atoms with Crippen molar-refractivity contribution in [2.24, 2.45) is 0 Å². The number of pyridine rings is 1. The number of benzene rings is 1. The highest BCUT2D eigenvalue weighted by Crippen LogP contribution is 2.19. The fourth-order valence-corrected chi connectivity index (χ4v) is 4.22. The molecule has 1 aromatic carbocycles. The summed E-state index contributed by atoms with van der Waals surface area (Å²) in [6.45, 7) is 0.213. The Kier molecular flexibility index (Phi) is 5.91. The Morgan fingerprint density at radius 1 is 1.00 bits per heavy atom. The van der Waals surface area contributed by atoms with Crippen molar-refractivity contribution in [3.8, 4) is 11.4 Å². The van der Waals surface area contributed by atoms with Crippen LogP contribution in [0.2, 0.25) is 0 Å². The maximum atomic E-state index is 12.1. The molecular weight excluding hydrogens is 354 g/mol. The number of sulfonamides is 1. The van der Waals surface area contributed by atoms with E-state index in [0.717, 1.165) is 28.4 Å². The van der Waals surface area contributed by atoms with E-state index in [1.165, 1.54) is 11.3 Å². The maximum absolute atomic E-state index is 12.1. The van der Waals surface area contributed by atoms with Crippen LogP contribution in [0, 0.1) is 0 Å². The summed E-state index contributed by atoms with van der Waals surface area (Å²) in [5.41, 5.74) is 2.71. The molecule has 0 unspecified atom stereocenters. The molecule has 25 heavy (non-hydrogen) atoms. The van der Waals surface area contributed by atoms with Crippen molar-refractivity contribution < 1.29 is 8.42 Å². The number of aromatic nitrogens is 2. The van der Waals surface area contributed by atoms with Crippen molar-refractivity contribution in [3.63, 3.8) is 0 Å². The van der Waals surface area contributed by atoms with Crippen molar-refractivity contribution in [2.75, 3.05) is 5.75 Å². The van der Waals surface area contributed by atoms with Crippen LogP contribution < -0.4 is 4.72 Å². The minimum atomic E-state index is -3.30. The summed E-state index contributed by atoms with van der Waals surface area (Å²) in [6, 6.07) is 15.5. The second-order valence-corrected chi connectivity index (χ2v) is 8.44. The summed E-state index contributed by atoms with van der Waals surface area (Å²) in [5.74, 6) is 0.111. The molecule has 0 radical (unpaired) electrons. The van der Waals surface area contributed by atoms with Crippen LogP contribution in [-0.4, -0.2) is 24.1 Å². The first-order valence-corrected chi connectivity index (χ1v) is 10.5. The second kappa shape index (κ2) is 8.33. The molecule has 5 nitrogen and oxygen atoms in total. The van der Waals surface area contributed by atoms with E-state index in [1.807, 2.05) is 53.9 Å². The van der Waals surface area contributed by atoms with E-state index in [2.05, 4.69) is 14.7 Å². The fourth-order valence-electron chi connectivity index (χ4n) is 2.38. The number of thiazole rings is 1. The zero-order chi connectivity index (χ0) is 17.5. The number of hydrogen-bond donors (Lipinski definition) is 1. The lowest BCUT2D eigenvalue weighted by Gasteiger charge is -2.05. The monoisotopic (exact) mass is 373 g/mol. The molecule has 0 aliphatic carbocycles. The van der Waals surface area contributed by atoms with Gasteiger partial charge in [-0.2, -0.15) is 0 Å². The van der Waals surface area contributed by atoms with Crippen LogP contribution in [0.5, 0.6) is 0 Å². The van der Waals surface area contributed by atoms with E-state index in [1.54, 1.807) is 6.20 Å². The predicted octanol–water partition coefficient (Wildman–Crippen LogP) is 3.26. The van der Waals surface area contributed by atoms with Crippen molar-refractivity contribution in [1.29, 1.82) is 0 Å². The summed E-state index contributed by atoms with van der Waals surface area (Å²) >= 11 is 1.43. The van der Waals surface area contributed by atoms with Gasteiger partial charge in [0, 0.05) is 11.6 Å². The first-order valence-electron chi connectivity index (χ1n) is 7.99. The van der Waals surface area contributed by atoms with Gasteiger partial charge in [0.15, 0.2) is 0 Å². The van der Waals surface area contributed by atoms with Crippen LogP contribution in [0.3, 0.4) is 0 Å². The molecular formula is C18H19N3O2S2. The van der Waals surface area contributed by atoms with Gasteiger partial charge in [0.2, 0.25) is 10.0 Å². The first kappa shape index (κ1) is 17.7. The largest absolute Gasteiger partial charge is 0.255 e. The highest BCUT2D eigenvalue weighted by Gasteiger charge is 2.12. The van der Waals surface area contributed by atoms with Gasteiger partial charge < -0.3 is 0 Å². The Labute approximate surface area is 151 Å². The molecule has 0 fully saturated rings. The Bertz CT molecular complexity index is 894. The van der Waals surface area contributed by atoms with E-state index in [9.17, 15) is 8.42 Å². The standard InChI is InChI=1S/C18H19N3O2S2/c22-25(23,12-6-9-15-7-2-1-3-8-15)20-13-18-21-17(14-24-18)16-10-4-5-11-19-16/h1-5,7-8,10-11,14,20H,6,9,12-13H2. The predicted molar refractivity (Wildman–Crippen MR) is 101 cm³/mol. The van der Waals surface area contributed by atoms with Crippen LogP contribution in [0.25, 0.3) is 11.4 Å². The maximum Gasteiger partial charge on any atom is 0.211 e. The SMILES string of the molecule is O=S(=O)(CCCc1ccccc1)NCc1nc(-c2ccccn2)cs1. The summed E-state index contributed by atoms with van der Waals surface area (Å²) in [7, 11) is -3.30. The molecule has 7 heteroatoms. The quantitative estimate of drug-likeness (QED) is 0.658. The van der Waals surface area contributed by atoms with E-state index in [-0.39, 0.29) is 12.3 Å². The Morgan fingerprint density at radius 3 is 2.56 bits per heavy atom. The van der Waals surface area contributed by atoms with Gasteiger partial charge in [-0.25, -0.2) is 18.1 Å². The second-order valence-electron chi connectivity index (χ2n) is 5.57. The van der Waals surface area contributed by atoms with Crippen LogP contribution in [0.1, 0.15) is 17.0 Å². The van der Waals surface area contributed by atoms with Crippen LogP contribution in [0.15, 0.2) is 60.1 Å². The van der Waals surface area contributed by atoms with E-state index >= 15 is 0 Å². The lowest BCUT2D eigenvalue weighted by molar-refractivity contribution is 0.578. The summed E-state index contributed by atoms with van der Waals surface area (Å²) in [6.07, 6.45) is 3.06. The van der Waals surface area contributed by atoms with Crippen molar-refractivity contribution in [1.82, 2.24) is 14.7 Å². The molecule has 2 heterocycles. The molecule has 3 rings (SSSR count). The summed E-state index contributed by atoms with van der Waals surface area (Å²) < 4.78 is 26.9. The van der Waals surface area contributed by atoms with Crippen molar-refractivity contribution in [3.05, 3.63) is 70.7 Å². The molecule has 0 amide bonds. The minimum Gasteiger partial charge on any atom is -0.255 e. The highest BCUT2D eigenvalue weighted by molar-refractivity contribution is 7.89. The van der Waals surface area contributed by atoms with E-state index < -0.39 is 10.0 Å². The van der Waals surface area contributed by atoms with Crippen molar-refractivity contribution in [2.45, 2.75) is 19.4 Å². The Hall–Kier alpha value is -2.09. The van der Waals surface area contributed by atoms with E-state index in [0.29, 0.717) is 6.42 Å². The molecule has 0 spiro atoms. The molecule has 130 valence electrons. The number of nitrogens with one attached hydrogen (secondary N) is 1. The van der Waals surface area contributed by atoms with Crippen molar-refractivity contribution >= 4 is 21.4 Å². The molecule has 0 aliphatic heterocycles. The van der Waals surface area contributed by atoms with Gasteiger partial charge >= 0.3 is 0 Å². The average Bonchev–Trinajstić information content (AvgIpc) is 3.11. The minimum absolute atomic E-state index is 0.111. The molecule has 3 aromatic rings. The summed E-state index contributed by atoms with van der Waals surface area (Å²) in [5, 5.41) is 2.62. The van der Waals surface area contributed by atoms with E-state index in [4.69, 9.17) is 0 Å². The van der Waals surface area contributed by atoms with Gasteiger partial charge in [0.05, 0.1) is 23.7 Å². The van der Waals surface area contributed by atoms with Gasteiger partial charge in [0.25, 0.3) is 0 Å². The number of hydrogen-bond acceptors (Lipinski definition) is 5. The molecule has 2 aromatic heterocycles. The third-order valence-electron chi connectivity index (χ3n) is 3.64. The molecule has 0 aliphatic rings. The Morgan fingerprint density at radius 2 is 1.80 bits per heavy atom. The third-order valence-corrected chi connectivity index (χ3v) is 5.90. The lowest BCUT2D eigenvalue weighted by atomic mass is 10.1. The average molecular weight is 374 g/mol.